The predicted octanol–water partition coefficient (Wildman–Crippen LogP) is 3.70. The maximum Gasteiger partial charge on any atom is 0.123 e. The van der Waals surface area contributed by atoms with Gasteiger partial charge in [-0.15, -0.1) is 0 Å². The van der Waals surface area contributed by atoms with Gasteiger partial charge in [-0.3, -0.25) is 0 Å². The highest BCUT2D eigenvalue weighted by Gasteiger charge is 2.24. The van der Waals surface area contributed by atoms with E-state index in [2.05, 4.69) is 34.1 Å². The number of hydrogen-bond acceptors (Lipinski definition) is 1. The molecule has 0 heterocycles. The van der Waals surface area contributed by atoms with Crippen molar-refractivity contribution in [3.63, 3.8) is 0 Å². The fraction of sp³-hybridized carbons (Fsp3) is 0.462. The molecule has 0 bridgehead atoms. The highest BCUT2D eigenvalue weighted by molar-refractivity contribution is 9.10. The smallest absolute Gasteiger partial charge is 0.123 e. The van der Waals surface area contributed by atoms with Gasteiger partial charge in [0.1, 0.15) is 6.29 Å². The molecule has 1 aliphatic carbocycles. The lowest BCUT2D eigenvalue weighted by Gasteiger charge is -2.27. The highest BCUT2D eigenvalue weighted by atomic mass is 79.9. The van der Waals surface area contributed by atoms with E-state index in [9.17, 15) is 4.79 Å². The second-order valence-corrected chi connectivity index (χ2v) is 5.25. The molecule has 0 aromatic heterocycles. The van der Waals surface area contributed by atoms with Gasteiger partial charge >= 0.3 is 0 Å². The lowest BCUT2D eigenvalue weighted by Crippen LogP contribution is -2.17. The van der Waals surface area contributed by atoms with Crippen molar-refractivity contribution in [3.05, 3.63) is 33.8 Å². The van der Waals surface area contributed by atoms with Crippen LogP contribution in [0.2, 0.25) is 0 Å². The Kier molecular flexibility index (Phi) is 3.25. The molecule has 0 saturated carbocycles. The molecule has 2 unspecified atom stereocenters. The molecule has 1 aromatic carbocycles. The number of carbonyl (C=O) groups excluding carboxylic acids is 1. The second-order valence-electron chi connectivity index (χ2n) is 4.34. The van der Waals surface area contributed by atoms with E-state index in [0.717, 1.165) is 23.6 Å². The number of benzene rings is 1. The van der Waals surface area contributed by atoms with E-state index >= 15 is 0 Å². The zero-order chi connectivity index (χ0) is 10.8. The minimum Gasteiger partial charge on any atom is -0.303 e. The van der Waals surface area contributed by atoms with Crippen LogP contribution in [0.15, 0.2) is 22.7 Å². The van der Waals surface area contributed by atoms with Crippen LogP contribution >= 0.6 is 15.9 Å². The van der Waals surface area contributed by atoms with Gasteiger partial charge in [0.25, 0.3) is 0 Å². The summed E-state index contributed by atoms with van der Waals surface area (Å²) in [6.45, 7) is 2.02. The third-order valence-electron chi connectivity index (χ3n) is 3.32. The van der Waals surface area contributed by atoms with E-state index in [-0.39, 0.29) is 5.92 Å². The lowest BCUT2D eigenvalue weighted by molar-refractivity contribution is -0.111. The summed E-state index contributed by atoms with van der Waals surface area (Å²) in [4.78, 5) is 10.9. The van der Waals surface area contributed by atoms with Gasteiger partial charge in [0.15, 0.2) is 0 Å². The van der Waals surface area contributed by atoms with E-state index < -0.39 is 0 Å². The summed E-state index contributed by atoms with van der Waals surface area (Å²) in [5.41, 5.74) is 2.79. The van der Waals surface area contributed by atoms with Gasteiger partial charge in [-0.1, -0.05) is 28.9 Å². The minimum atomic E-state index is 0.144. The number of halogens is 1. The van der Waals surface area contributed by atoms with Crippen molar-refractivity contribution in [2.45, 2.75) is 32.1 Å². The van der Waals surface area contributed by atoms with Gasteiger partial charge in [-0.05, 0) is 48.4 Å². The highest BCUT2D eigenvalue weighted by Crippen LogP contribution is 2.37. The SMILES string of the molecule is CC(C=O)C1CCCc2cc(Br)ccc21. The van der Waals surface area contributed by atoms with E-state index in [0.29, 0.717) is 5.92 Å². The second kappa shape index (κ2) is 4.48. The van der Waals surface area contributed by atoms with Crippen LogP contribution < -0.4 is 0 Å². The van der Waals surface area contributed by atoms with Gasteiger partial charge < -0.3 is 4.79 Å². The van der Waals surface area contributed by atoms with Crippen LogP contribution in [-0.2, 0) is 11.2 Å². The molecule has 2 heteroatoms. The molecule has 0 aliphatic heterocycles. The van der Waals surface area contributed by atoms with Gasteiger partial charge in [0.2, 0.25) is 0 Å². The maximum absolute atomic E-state index is 10.9. The van der Waals surface area contributed by atoms with Gasteiger partial charge in [0.05, 0.1) is 0 Å². The van der Waals surface area contributed by atoms with Crippen LogP contribution in [0.5, 0.6) is 0 Å². The summed E-state index contributed by atoms with van der Waals surface area (Å²) in [5, 5.41) is 0. The zero-order valence-electron chi connectivity index (χ0n) is 8.87. The molecule has 0 N–H and O–H groups in total. The first-order valence-corrected chi connectivity index (χ1v) is 6.25. The van der Waals surface area contributed by atoms with E-state index in [1.807, 2.05) is 6.92 Å². The number of aldehydes is 1. The van der Waals surface area contributed by atoms with Crippen molar-refractivity contribution >= 4 is 22.2 Å². The quantitative estimate of drug-likeness (QED) is 0.746. The molecule has 2 rings (SSSR count). The first kappa shape index (κ1) is 10.9. The zero-order valence-corrected chi connectivity index (χ0v) is 10.5. The molecule has 2 atom stereocenters. The summed E-state index contributed by atoms with van der Waals surface area (Å²) < 4.78 is 1.14. The first-order chi connectivity index (χ1) is 7.22. The van der Waals surface area contributed by atoms with Crippen LogP contribution in [0.3, 0.4) is 0 Å². The molecule has 0 spiro atoms. The molecule has 0 fully saturated rings. The Bertz CT molecular complexity index is 373. The molecular weight excluding hydrogens is 252 g/mol. The van der Waals surface area contributed by atoms with Gasteiger partial charge in [-0.2, -0.15) is 0 Å². The Morgan fingerprint density at radius 2 is 2.33 bits per heavy atom. The van der Waals surface area contributed by atoms with Crippen molar-refractivity contribution in [3.8, 4) is 0 Å². The van der Waals surface area contributed by atoms with Crippen molar-refractivity contribution in [2.24, 2.45) is 5.92 Å². The standard InChI is InChI=1S/C13H15BrO/c1-9(8-15)12-4-2-3-10-7-11(14)5-6-13(10)12/h5-9,12H,2-4H2,1H3. The van der Waals surface area contributed by atoms with E-state index in [1.54, 1.807) is 0 Å². The fourth-order valence-electron chi connectivity index (χ4n) is 2.46. The number of fused-ring (bicyclic) bond motifs is 1. The molecule has 0 saturated heterocycles. The molecule has 15 heavy (non-hydrogen) atoms. The number of rotatable bonds is 2. The van der Waals surface area contributed by atoms with Crippen LogP contribution in [0.25, 0.3) is 0 Å². The van der Waals surface area contributed by atoms with Crippen molar-refractivity contribution in [2.75, 3.05) is 0 Å². The summed E-state index contributed by atoms with van der Waals surface area (Å²) in [5.74, 6) is 0.574. The summed E-state index contributed by atoms with van der Waals surface area (Å²) in [6.07, 6.45) is 4.58. The fourth-order valence-corrected chi connectivity index (χ4v) is 2.87. The molecule has 1 aliphatic rings. The normalized spacial score (nSPS) is 21.9. The Hall–Kier alpha value is -0.630. The van der Waals surface area contributed by atoms with E-state index in [4.69, 9.17) is 0 Å². The third-order valence-corrected chi connectivity index (χ3v) is 3.81. The van der Waals surface area contributed by atoms with Crippen molar-refractivity contribution < 1.29 is 4.79 Å². The Labute approximate surface area is 99.0 Å². The Balaban J connectivity index is 2.38. The molecule has 1 nitrogen and oxygen atoms in total. The first-order valence-electron chi connectivity index (χ1n) is 5.46. The van der Waals surface area contributed by atoms with Crippen molar-refractivity contribution in [1.29, 1.82) is 0 Å². The number of aryl methyl sites for hydroxylation is 1. The van der Waals surface area contributed by atoms with Crippen LogP contribution in [0, 0.1) is 5.92 Å². The Morgan fingerprint density at radius 3 is 3.07 bits per heavy atom. The maximum atomic E-state index is 10.9. The molecule has 0 radical (unpaired) electrons. The monoisotopic (exact) mass is 266 g/mol. The van der Waals surface area contributed by atoms with E-state index in [1.165, 1.54) is 17.5 Å². The van der Waals surface area contributed by atoms with Crippen LogP contribution in [-0.4, -0.2) is 6.29 Å². The summed E-state index contributed by atoms with van der Waals surface area (Å²) in [6, 6.07) is 6.44. The van der Waals surface area contributed by atoms with Gasteiger partial charge in [0, 0.05) is 10.4 Å². The number of hydrogen-bond donors (Lipinski definition) is 0. The molecule has 1 aromatic rings. The largest absolute Gasteiger partial charge is 0.303 e. The third kappa shape index (κ3) is 2.15. The molecule has 80 valence electrons. The predicted molar refractivity (Wildman–Crippen MR) is 65.0 cm³/mol. The van der Waals surface area contributed by atoms with Crippen LogP contribution in [0.4, 0.5) is 0 Å². The lowest BCUT2D eigenvalue weighted by atomic mass is 9.77. The number of carbonyl (C=O) groups is 1. The Morgan fingerprint density at radius 1 is 1.53 bits per heavy atom. The average Bonchev–Trinajstić information content (AvgIpc) is 2.26. The summed E-state index contributed by atoms with van der Waals surface area (Å²) in [7, 11) is 0. The molecule has 0 amide bonds. The molecular formula is C13H15BrO. The average molecular weight is 267 g/mol. The minimum absolute atomic E-state index is 0.144. The van der Waals surface area contributed by atoms with Gasteiger partial charge in [-0.25, -0.2) is 0 Å². The topological polar surface area (TPSA) is 17.1 Å². The van der Waals surface area contributed by atoms with Crippen LogP contribution in [0.1, 0.15) is 36.8 Å². The summed E-state index contributed by atoms with van der Waals surface area (Å²) >= 11 is 3.49. The van der Waals surface area contributed by atoms with Crippen molar-refractivity contribution in [1.82, 2.24) is 0 Å².